The Labute approximate surface area is 151 Å². The SMILES string of the molecule is Cc1nnsc1C(=O)N1C2CCC1CC(n1cc(C(C)(C)C)nn1)C2. The Morgan fingerprint density at radius 2 is 1.84 bits per heavy atom. The van der Waals surface area contributed by atoms with Crippen molar-refractivity contribution in [2.75, 3.05) is 0 Å². The van der Waals surface area contributed by atoms with Crippen molar-refractivity contribution in [2.24, 2.45) is 0 Å². The van der Waals surface area contributed by atoms with Gasteiger partial charge in [-0.25, -0.2) is 4.68 Å². The van der Waals surface area contributed by atoms with E-state index in [-0.39, 0.29) is 23.4 Å². The summed E-state index contributed by atoms with van der Waals surface area (Å²) in [5, 5.41) is 12.7. The molecule has 2 aromatic heterocycles. The fraction of sp³-hybridized carbons (Fsp3) is 0.706. The van der Waals surface area contributed by atoms with Crippen LogP contribution in [-0.2, 0) is 5.41 Å². The number of aryl methyl sites for hydroxylation is 1. The maximum Gasteiger partial charge on any atom is 0.268 e. The number of nitrogens with zero attached hydrogens (tertiary/aromatic N) is 6. The average Bonchev–Trinajstić information content (AvgIpc) is 3.24. The Kier molecular flexibility index (Phi) is 3.90. The lowest BCUT2D eigenvalue weighted by Gasteiger charge is -2.38. The van der Waals surface area contributed by atoms with Gasteiger partial charge >= 0.3 is 0 Å². The molecule has 25 heavy (non-hydrogen) atoms. The van der Waals surface area contributed by atoms with Crippen molar-refractivity contribution in [3.63, 3.8) is 0 Å². The van der Waals surface area contributed by atoms with Crippen LogP contribution in [-0.4, -0.2) is 47.5 Å². The van der Waals surface area contributed by atoms with Gasteiger partial charge in [0, 0.05) is 23.7 Å². The first-order valence-corrected chi connectivity index (χ1v) is 9.66. The van der Waals surface area contributed by atoms with Crippen LogP contribution in [0, 0.1) is 6.92 Å². The molecule has 1 amide bonds. The zero-order chi connectivity index (χ0) is 17.8. The van der Waals surface area contributed by atoms with Crippen LogP contribution in [0.5, 0.6) is 0 Å². The maximum atomic E-state index is 12.9. The Morgan fingerprint density at radius 1 is 1.16 bits per heavy atom. The number of amides is 1. The highest BCUT2D eigenvalue weighted by Crippen LogP contribution is 2.42. The lowest BCUT2D eigenvalue weighted by Crippen LogP contribution is -2.47. The summed E-state index contributed by atoms with van der Waals surface area (Å²) in [4.78, 5) is 15.7. The molecule has 2 fully saturated rings. The van der Waals surface area contributed by atoms with E-state index in [1.807, 2.05) is 11.6 Å². The van der Waals surface area contributed by atoms with Gasteiger partial charge in [0.15, 0.2) is 0 Å². The summed E-state index contributed by atoms with van der Waals surface area (Å²) in [5.74, 6) is 0.104. The minimum atomic E-state index is 0.00456. The quantitative estimate of drug-likeness (QED) is 0.823. The topological polar surface area (TPSA) is 76.8 Å². The number of aromatic nitrogens is 5. The van der Waals surface area contributed by atoms with Gasteiger partial charge in [-0.2, -0.15) is 0 Å². The molecular weight excluding hydrogens is 336 g/mol. The number of piperidine rings is 1. The summed E-state index contributed by atoms with van der Waals surface area (Å²) < 4.78 is 5.94. The van der Waals surface area contributed by atoms with E-state index in [0.717, 1.165) is 37.1 Å². The monoisotopic (exact) mass is 360 g/mol. The van der Waals surface area contributed by atoms with E-state index >= 15 is 0 Å². The van der Waals surface area contributed by atoms with Crippen molar-refractivity contribution in [3.8, 4) is 0 Å². The molecule has 2 aliphatic heterocycles. The Morgan fingerprint density at radius 3 is 2.36 bits per heavy atom. The molecule has 2 saturated heterocycles. The highest BCUT2D eigenvalue weighted by atomic mass is 32.1. The second kappa shape index (κ2) is 5.86. The molecule has 2 atom stereocenters. The molecular formula is C17H24N6OS. The number of hydrogen-bond donors (Lipinski definition) is 0. The maximum absolute atomic E-state index is 12.9. The van der Waals surface area contributed by atoms with Crippen LogP contribution in [0.1, 0.15) is 73.6 Å². The fourth-order valence-corrected chi connectivity index (χ4v) is 4.64. The summed E-state index contributed by atoms with van der Waals surface area (Å²) >= 11 is 1.21. The normalized spacial score (nSPS) is 26.2. The average molecular weight is 360 g/mol. The smallest absolute Gasteiger partial charge is 0.268 e. The van der Waals surface area contributed by atoms with E-state index in [9.17, 15) is 4.79 Å². The third kappa shape index (κ3) is 2.86. The largest absolute Gasteiger partial charge is 0.332 e. The molecule has 4 rings (SSSR count). The standard InChI is InChI=1S/C17H24N6OS/c1-10-15(25-21-18-10)16(24)23-11-5-6-12(23)8-13(7-11)22-9-14(19-20-22)17(2,3)4/h9,11-13H,5-8H2,1-4H3. The zero-order valence-corrected chi connectivity index (χ0v) is 16.0. The minimum absolute atomic E-state index is 0.00456. The van der Waals surface area contributed by atoms with Crippen molar-refractivity contribution < 1.29 is 4.79 Å². The van der Waals surface area contributed by atoms with Gasteiger partial charge in [-0.05, 0) is 44.1 Å². The molecule has 7 nitrogen and oxygen atoms in total. The van der Waals surface area contributed by atoms with Crippen molar-refractivity contribution in [1.29, 1.82) is 0 Å². The van der Waals surface area contributed by atoms with E-state index in [1.165, 1.54) is 11.5 Å². The first-order valence-electron chi connectivity index (χ1n) is 8.88. The van der Waals surface area contributed by atoms with Crippen molar-refractivity contribution >= 4 is 17.4 Å². The Bertz CT molecular complexity index is 777. The minimum Gasteiger partial charge on any atom is -0.332 e. The first-order chi connectivity index (χ1) is 11.8. The van der Waals surface area contributed by atoms with Gasteiger partial charge in [0.05, 0.1) is 17.4 Å². The van der Waals surface area contributed by atoms with E-state index in [1.54, 1.807) is 0 Å². The second-order valence-electron chi connectivity index (χ2n) is 8.24. The van der Waals surface area contributed by atoms with Crippen LogP contribution in [0.15, 0.2) is 6.20 Å². The highest BCUT2D eigenvalue weighted by molar-refractivity contribution is 7.07. The molecule has 134 valence electrons. The summed E-state index contributed by atoms with van der Waals surface area (Å²) in [6.45, 7) is 8.31. The lowest BCUT2D eigenvalue weighted by atomic mass is 9.93. The van der Waals surface area contributed by atoms with Crippen molar-refractivity contribution in [3.05, 3.63) is 22.5 Å². The van der Waals surface area contributed by atoms with Gasteiger partial charge in [0.1, 0.15) is 4.88 Å². The van der Waals surface area contributed by atoms with Gasteiger partial charge in [-0.15, -0.1) is 10.2 Å². The molecule has 0 aromatic carbocycles. The number of fused-ring (bicyclic) bond motifs is 2. The first kappa shape index (κ1) is 16.6. The Hall–Kier alpha value is -1.83. The molecule has 2 unspecified atom stereocenters. The predicted octanol–water partition coefficient (Wildman–Crippen LogP) is 2.74. The third-order valence-electron chi connectivity index (χ3n) is 5.44. The molecule has 0 radical (unpaired) electrons. The van der Waals surface area contributed by atoms with Crippen LogP contribution >= 0.6 is 11.5 Å². The summed E-state index contributed by atoms with van der Waals surface area (Å²) in [5.41, 5.74) is 1.76. The number of rotatable bonds is 2. The molecule has 4 heterocycles. The summed E-state index contributed by atoms with van der Waals surface area (Å²) in [6, 6.07) is 0.880. The molecule has 2 aromatic rings. The Balaban J connectivity index is 1.53. The fourth-order valence-electron chi connectivity index (χ4n) is 4.04. The van der Waals surface area contributed by atoms with Crippen LogP contribution < -0.4 is 0 Å². The summed E-state index contributed by atoms with van der Waals surface area (Å²) in [7, 11) is 0. The van der Waals surface area contributed by atoms with Gasteiger partial charge in [0.2, 0.25) is 0 Å². The zero-order valence-electron chi connectivity index (χ0n) is 15.1. The van der Waals surface area contributed by atoms with Crippen LogP contribution in [0.3, 0.4) is 0 Å². The number of carbonyl (C=O) groups is 1. The molecule has 0 N–H and O–H groups in total. The number of carbonyl (C=O) groups excluding carboxylic acids is 1. The van der Waals surface area contributed by atoms with Gasteiger partial charge in [-0.3, -0.25) is 4.79 Å². The van der Waals surface area contributed by atoms with E-state index < -0.39 is 0 Å². The molecule has 0 saturated carbocycles. The van der Waals surface area contributed by atoms with Crippen LogP contribution in [0.2, 0.25) is 0 Å². The van der Waals surface area contributed by atoms with Gasteiger partial charge in [0.25, 0.3) is 5.91 Å². The summed E-state index contributed by atoms with van der Waals surface area (Å²) in [6.07, 6.45) is 6.11. The molecule has 0 spiro atoms. The highest BCUT2D eigenvalue weighted by Gasteiger charge is 2.45. The lowest BCUT2D eigenvalue weighted by molar-refractivity contribution is 0.0527. The van der Waals surface area contributed by atoms with Crippen LogP contribution in [0.25, 0.3) is 0 Å². The van der Waals surface area contributed by atoms with E-state index in [0.29, 0.717) is 10.9 Å². The molecule has 0 aliphatic carbocycles. The van der Waals surface area contributed by atoms with E-state index in [4.69, 9.17) is 0 Å². The number of hydrogen-bond acceptors (Lipinski definition) is 6. The van der Waals surface area contributed by atoms with Crippen molar-refractivity contribution in [2.45, 2.75) is 76.9 Å². The second-order valence-corrected chi connectivity index (χ2v) is 9.00. The predicted molar refractivity (Wildman–Crippen MR) is 94.6 cm³/mol. The molecule has 8 heteroatoms. The van der Waals surface area contributed by atoms with Crippen LogP contribution in [0.4, 0.5) is 0 Å². The molecule has 2 aliphatic rings. The molecule has 2 bridgehead atoms. The van der Waals surface area contributed by atoms with Crippen molar-refractivity contribution in [1.82, 2.24) is 29.5 Å². The van der Waals surface area contributed by atoms with E-state index in [2.05, 4.69) is 51.8 Å². The third-order valence-corrected chi connectivity index (χ3v) is 6.26. The van der Waals surface area contributed by atoms with Gasteiger partial charge in [-0.1, -0.05) is 30.5 Å². The van der Waals surface area contributed by atoms with Gasteiger partial charge < -0.3 is 4.90 Å².